The molecule has 6 heteroatoms. The van der Waals surface area contributed by atoms with E-state index in [-0.39, 0.29) is 25.2 Å². The molecule has 0 aliphatic carbocycles. The van der Waals surface area contributed by atoms with Gasteiger partial charge in [0.05, 0.1) is 12.1 Å². The van der Waals surface area contributed by atoms with E-state index >= 15 is 0 Å². The largest absolute Gasteiger partial charge is 0.486 e. The van der Waals surface area contributed by atoms with Gasteiger partial charge in [-0.25, -0.2) is 4.79 Å². The van der Waals surface area contributed by atoms with Gasteiger partial charge in [-0.3, -0.25) is 4.79 Å². The maximum absolute atomic E-state index is 12.0. The lowest BCUT2D eigenvalue weighted by atomic mass is 10.1. The predicted octanol–water partition coefficient (Wildman–Crippen LogP) is 2.42. The SMILES string of the molecule is Cc1cc(C)cc(C(=O)OCC(=O)NC[C@@H]2COc3ccccc3O2)c1. The smallest absolute Gasteiger partial charge is 0.338 e. The molecule has 0 fully saturated rings. The lowest BCUT2D eigenvalue weighted by Gasteiger charge is -2.26. The summed E-state index contributed by atoms with van der Waals surface area (Å²) in [6, 6.07) is 12.8. The number of aryl methyl sites for hydroxylation is 2. The molecule has 1 N–H and O–H groups in total. The van der Waals surface area contributed by atoms with E-state index in [2.05, 4.69) is 5.32 Å². The minimum Gasteiger partial charge on any atom is -0.486 e. The molecule has 3 rings (SSSR count). The van der Waals surface area contributed by atoms with Crippen molar-refractivity contribution < 1.29 is 23.8 Å². The molecule has 0 saturated carbocycles. The first-order chi connectivity index (χ1) is 12.5. The van der Waals surface area contributed by atoms with E-state index in [0.717, 1.165) is 11.1 Å². The van der Waals surface area contributed by atoms with Crippen LogP contribution in [0.1, 0.15) is 21.5 Å². The minimum absolute atomic E-state index is 0.272. The number of amides is 1. The van der Waals surface area contributed by atoms with Gasteiger partial charge in [0.2, 0.25) is 0 Å². The average Bonchev–Trinajstić information content (AvgIpc) is 2.63. The topological polar surface area (TPSA) is 73.9 Å². The standard InChI is InChI=1S/C20H21NO5/c1-13-7-14(2)9-15(8-13)20(23)25-12-19(22)21-10-16-11-24-17-5-3-4-6-18(17)26-16/h3-9,16H,10-12H2,1-2H3,(H,21,22)/t16-/m1/s1. The Balaban J connectivity index is 1.44. The van der Waals surface area contributed by atoms with E-state index in [0.29, 0.717) is 23.7 Å². The highest BCUT2D eigenvalue weighted by Crippen LogP contribution is 2.30. The molecule has 0 spiro atoms. The molecule has 1 aliphatic rings. The summed E-state index contributed by atoms with van der Waals surface area (Å²) in [7, 11) is 0. The molecule has 0 radical (unpaired) electrons. The quantitative estimate of drug-likeness (QED) is 0.834. The Hall–Kier alpha value is -3.02. The molecule has 2 aromatic carbocycles. The fourth-order valence-corrected chi connectivity index (χ4v) is 2.75. The van der Waals surface area contributed by atoms with Crippen molar-refractivity contribution >= 4 is 11.9 Å². The van der Waals surface area contributed by atoms with Gasteiger partial charge < -0.3 is 19.5 Å². The maximum atomic E-state index is 12.0. The van der Waals surface area contributed by atoms with Crippen LogP contribution in [-0.2, 0) is 9.53 Å². The number of esters is 1. The lowest BCUT2D eigenvalue weighted by Crippen LogP contribution is -2.42. The molecule has 1 amide bonds. The average molecular weight is 355 g/mol. The zero-order valence-corrected chi connectivity index (χ0v) is 14.8. The number of ether oxygens (including phenoxy) is 3. The normalized spacial score (nSPS) is 15.2. The molecule has 2 aromatic rings. The Bertz CT molecular complexity index is 797. The lowest BCUT2D eigenvalue weighted by molar-refractivity contribution is -0.124. The summed E-state index contributed by atoms with van der Waals surface area (Å²) in [4.78, 5) is 24.0. The molecular formula is C20H21NO5. The van der Waals surface area contributed by atoms with Crippen LogP contribution in [0.15, 0.2) is 42.5 Å². The molecule has 6 nitrogen and oxygen atoms in total. The maximum Gasteiger partial charge on any atom is 0.338 e. The van der Waals surface area contributed by atoms with Crippen molar-refractivity contribution in [3.63, 3.8) is 0 Å². The van der Waals surface area contributed by atoms with Gasteiger partial charge in [-0.15, -0.1) is 0 Å². The number of carbonyl (C=O) groups is 2. The zero-order valence-electron chi connectivity index (χ0n) is 14.8. The van der Waals surface area contributed by atoms with Crippen LogP contribution in [0.2, 0.25) is 0 Å². The number of carbonyl (C=O) groups excluding carboxylic acids is 2. The van der Waals surface area contributed by atoms with Crippen LogP contribution >= 0.6 is 0 Å². The second kappa shape index (κ2) is 7.91. The van der Waals surface area contributed by atoms with Crippen molar-refractivity contribution in [3.05, 3.63) is 59.2 Å². The highest BCUT2D eigenvalue weighted by molar-refractivity contribution is 5.91. The first-order valence-corrected chi connectivity index (χ1v) is 8.42. The van der Waals surface area contributed by atoms with Gasteiger partial charge in [0.1, 0.15) is 12.7 Å². The van der Waals surface area contributed by atoms with Crippen LogP contribution in [-0.4, -0.2) is 37.7 Å². The Morgan fingerprint density at radius 1 is 1.12 bits per heavy atom. The third-order valence-electron chi connectivity index (χ3n) is 3.89. The van der Waals surface area contributed by atoms with Crippen molar-refractivity contribution in [2.75, 3.05) is 19.8 Å². The zero-order chi connectivity index (χ0) is 18.5. The summed E-state index contributed by atoms with van der Waals surface area (Å²) in [6.45, 7) is 4.09. The Kier molecular flexibility index (Phi) is 5.41. The monoisotopic (exact) mass is 355 g/mol. The molecule has 136 valence electrons. The van der Waals surface area contributed by atoms with Gasteiger partial charge in [0.25, 0.3) is 5.91 Å². The Morgan fingerprint density at radius 2 is 1.81 bits per heavy atom. The van der Waals surface area contributed by atoms with E-state index in [1.54, 1.807) is 12.1 Å². The fourth-order valence-electron chi connectivity index (χ4n) is 2.75. The van der Waals surface area contributed by atoms with Crippen molar-refractivity contribution in [3.8, 4) is 11.5 Å². The van der Waals surface area contributed by atoms with Crippen molar-refractivity contribution in [1.82, 2.24) is 5.32 Å². The molecule has 1 aliphatic heterocycles. The number of para-hydroxylation sites is 2. The van der Waals surface area contributed by atoms with E-state index < -0.39 is 5.97 Å². The Labute approximate surface area is 152 Å². The van der Waals surface area contributed by atoms with Crippen molar-refractivity contribution in [1.29, 1.82) is 0 Å². The molecule has 1 atom stereocenters. The Morgan fingerprint density at radius 3 is 2.54 bits per heavy atom. The molecular weight excluding hydrogens is 334 g/mol. The molecule has 0 saturated heterocycles. The first-order valence-electron chi connectivity index (χ1n) is 8.42. The summed E-state index contributed by atoms with van der Waals surface area (Å²) in [5.41, 5.74) is 2.38. The second-order valence-electron chi connectivity index (χ2n) is 6.25. The third-order valence-corrected chi connectivity index (χ3v) is 3.89. The van der Waals surface area contributed by atoms with Crippen LogP contribution in [0.3, 0.4) is 0 Å². The summed E-state index contributed by atoms with van der Waals surface area (Å²) < 4.78 is 16.4. The van der Waals surface area contributed by atoms with E-state index in [9.17, 15) is 9.59 Å². The van der Waals surface area contributed by atoms with Crippen LogP contribution < -0.4 is 14.8 Å². The van der Waals surface area contributed by atoms with Gasteiger partial charge in [-0.2, -0.15) is 0 Å². The van der Waals surface area contributed by atoms with Crippen LogP contribution in [0, 0.1) is 13.8 Å². The summed E-state index contributed by atoms with van der Waals surface area (Å²) in [6.07, 6.45) is -0.288. The number of fused-ring (bicyclic) bond motifs is 1. The summed E-state index contributed by atoms with van der Waals surface area (Å²) in [5.74, 6) is 0.444. The van der Waals surface area contributed by atoms with Gasteiger partial charge in [-0.05, 0) is 38.1 Å². The van der Waals surface area contributed by atoms with Crippen LogP contribution in [0.25, 0.3) is 0 Å². The number of benzene rings is 2. The molecule has 0 aromatic heterocycles. The van der Waals surface area contributed by atoms with E-state index in [4.69, 9.17) is 14.2 Å². The van der Waals surface area contributed by atoms with Crippen LogP contribution in [0.5, 0.6) is 11.5 Å². The first kappa shape index (κ1) is 17.8. The van der Waals surface area contributed by atoms with E-state index in [1.165, 1.54) is 0 Å². The van der Waals surface area contributed by atoms with Crippen LogP contribution in [0.4, 0.5) is 0 Å². The molecule has 0 unspecified atom stereocenters. The van der Waals surface area contributed by atoms with Gasteiger partial charge in [-0.1, -0.05) is 29.3 Å². The number of rotatable bonds is 5. The molecule has 0 bridgehead atoms. The van der Waals surface area contributed by atoms with Crippen molar-refractivity contribution in [2.45, 2.75) is 20.0 Å². The highest BCUT2D eigenvalue weighted by atomic mass is 16.6. The highest BCUT2D eigenvalue weighted by Gasteiger charge is 2.21. The number of hydrogen-bond donors (Lipinski definition) is 1. The van der Waals surface area contributed by atoms with Gasteiger partial charge >= 0.3 is 5.97 Å². The predicted molar refractivity (Wildman–Crippen MR) is 95.6 cm³/mol. The number of nitrogens with one attached hydrogen (secondary N) is 1. The fraction of sp³-hybridized carbons (Fsp3) is 0.300. The minimum atomic E-state index is -0.516. The second-order valence-corrected chi connectivity index (χ2v) is 6.25. The summed E-state index contributed by atoms with van der Waals surface area (Å²) in [5, 5.41) is 2.69. The van der Waals surface area contributed by atoms with E-state index in [1.807, 2.05) is 44.2 Å². The molecule has 26 heavy (non-hydrogen) atoms. The number of hydrogen-bond acceptors (Lipinski definition) is 5. The summed E-state index contributed by atoms with van der Waals surface area (Å²) >= 11 is 0. The third kappa shape index (κ3) is 4.53. The van der Waals surface area contributed by atoms with Gasteiger partial charge in [0.15, 0.2) is 18.1 Å². The molecule has 1 heterocycles. The van der Waals surface area contributed by atoms with Gasteiger partial charge in [0, 0.05) is 0 Å². The van der Waals surface area contributed by atoms with Crippen molar-refractivity contribution in [2.24, 2.45) is 0 Å².